The van der Waals surface area contributed by atoms with E-state index in [-0.39, 0.29) is 11.9 Å². The summed E-state index contributed by atoms with van der Waals surface area (Å²) in [7, 11) is -3.12. The zero-order valence-electron chi connectivity index (χ0n) is 11.3. The highest BCUT2D eigenvalue weighted by Crippen LogP contribution is 2.21. The first-order chi connectivity index (χ1) is 8.75. The first kappa shape index (κ1) is 16.6. The Morgan fingerprint density at radius 2 is 2.05 bits per heavy atom. The lowest BCUT2D eigenvalue weighted by Gasteiger charge is -2.24. The van der Waals surface area contributed by atoms with Gasteiger partial charge in [-0.05, 0) is 37.6 Å². The van der Waals surface area contributed by atoms with Crippen LogP contribution in [0.3, 0.4) is 0 Å². The number of halogens is 2. The van der Waals surface area contributed by atoms with Gasteiger partial charge in [0.25, 0.3) is 0 Å². The fourth-order valence-corrected chi connectivity index (χ4v) is 3.19. The molecule has 0 saturated carbocycles. The third-order valence-electron chi connectivity index (χ3n) is 3.16. The molecular weight excluding hydrogens is 333 g/mol. The third-order valence-corrected chi connectivity index (χ3v) is 5.58. The van der Waals surface area contributed by atoms with Crippen LogP contribution in [-0.2, 0) is 16.3 Å². The Morgan fingerprint density at radius 3 is 2.53 bits per heavy atom. The van der Waals surface area contributed by atoms with Gasteiger partial charge in [0.2, 0.25) is 0 Å². The van der Waals surface area contributed by atoms with Crippen LogP contribution in [0.4, 0.5) is 4.39 Å². The van der Waals surface area contributed by atoms with Gasteiger partial charge in [-0.15, -0.1) is 0 Å². The minimum absolute atomic E-state index is 0.193. The van der Waals surface area contributed by atoms with Gasteiger partial charge >= 0.3 is 0 Å². The molecule has 6 heteroatoms. The smallest absolute Gasteiger partial charge is 0.151 e. The number of rotatable bonds is 6. The molecule has 108 valence electrons. The molecule has 0 saturated heterocycles. The minimum Gasteiger partial charge on any atom is -0.313 e. The van der Waals surface area contributed by atoms with Crippen molar-refractivity contribution in [1.82, 2.24) is 5.32 Å². The van der Waals surface area contributed by atoms with E-state index in [2.05, 4.69) is 21.2 Å². The molecule has 1 N–H and O–H groups in total. The maximum Gasteiger partial charge on any atom is 0.151 e. The largest absolute Gasteiger partial charge is 0.313 e. The summed E-state index contributed by atoms with van der Waals surface area (Å²) in [5.41, 5.74) is 0.892. The van der Waals surface area contributed by atoms with Gasteiger partial charge in [-0.2, -0.15) is 0 Å². The van der Waals surface area contributed by atoms with Crippen molar-refractivity contribution in [3.63, 3.8) is 0 Å². The van der Waals surface area contributed by atoms with Gasteiger partial charge in [0.1, 0.15) is 5.82 Å². The normalized spacial score (nSPS) is 15.2. The summed E-state index contributed by atoms with van der Waals surface area (Å²) < 4.78 is 37.0. The standard InChI is InChI=1S/C13H19BrFNO2S/c1-4-16-13(9(2)19(3,17)18)7-10-5-6-11(15)8-12(10)14/h5-6,8-9,13,16H,4,7H2,1-3H3. The van der Waals surface area contributed by atoms with E-state index >= 15 is 0 Å². The molecule has 0 fully saturated rings. The maximum absolute atomic E-state index is 13.0. The Balaban J connectivity index is 2.96. The molecule has 1 aromatic carbocycles. The summed E-state index contributed by atoms with van der Waals surface area (Å²) in [6, 6.07) is 4.26. The number of hydrogen-bond donors (Lipinski definition) is 1. The lowest BCUT2D eigenvalue weighted by Crippen LogP contribution is -2.43. The zero-order chi connectivity index (χ0) is 14.6. The molecule has 2 unspecified atom stereocenters. The fraction of sp³-hybridized carbons (Fsp3) is 0.538. The number of likely N-dealkylation sites (N-methyl/N-ethyl adjacent to an activating group) is 1. The van der Waals surface area contributed by atoms with Crippen molar-refractivity contribution < 1.29 is 12.8 Å². The molecule has 0 aliphatic rings. The molecule has 1 aromatic rings. The molecule has 0 spiro atoms. The van der Waals surface area contributed by atoms with E-state index in [1.165, 1.54) is 18.4 Å². The molecule has 3 nitrogen and oxygen atoms in total. The molecule has 0 radical (unpaired) electrons. The van der Waals surface area contributed by atoms with Crippen LogP contribution in [0.1, 0.15) is 19.4 Å². The topological polar surface area (TPSA) is 46.2 Å². The SMILES string of the molecule is CCNC(Cc1ccc(F)cc1Br)C(C)S(C)(=O)=O. The third kappa shape index (κ3) is 4.85. The average molecular weight is 352 g/mol. The molecule has 1 rings (SSSR count). The second-order valence-corrected chi connectivity index (χ2v) is 7.90. The van der Waals surface area contributed by atoms with Gasteiger partial charge in [-0.3, -0.25) is 0 Å². The van der Waals surface area contributed by atoms with Crippen molar-refractivity contribution in [3.05, 3.63) is 34.1 Å². The quantitative estimate of drug-likeness (QED) is 0.856. The Kier molecular flexibility index (Phi) is 5.95. The Morgan fingerprint density at radius 1 is 1.42 bits per heavy atom. The van der Waals surface area contributed by atoms with Gasteiger partial charge in [0.05, 0.1) is 5.25 Å². The first-order valence-electron chi connectivity index (χ1n) is 6.12. The van der Waals surface area contributed by atoms with Crippen molar-refractivity contribution in [2.45, 2.75) is 31.6 Å². The van der Waals surface area contributed by atoms with E-state index in [9.17, 15) is 12.8 Å². The Hall–Kier alpha value is -0.460. The predicted molar refractivity (Wildman–Crippen MR) is 79.6 cm³/mol. The highest BCUT2D eigenvalue weighted by atomic mass is 79.9. The molecule has 0 bridgehead atoms. The summed E-state index contributed by atoms with van der Waals surface area (Å²) in [5.74, 6) is -0.313. The van der Waals surface area contributed by atoms with E-state index in [1.54, 1.807) is 13.0 Å². The molecule has 0 aliphatic carbocycles. The number of nitrogens with one attached hydrogen (secondary N) is 1. The Bertz CT molecular complexity index is 533. The monoisotopic (exact) mass is 351 g/mol. The van der Waals surface area contributed by atoms with Crippen LogP contribution in [0.25, 0.3) is 0 Å². The number of hydrogen-bond acceptors (Lipinski definition) is 3. The zero-order valence-corrected chi connectivity index (χ0v) is 13.7. The number of sulfone groups is 1. The van der Waals surface area contributed by atoms with Crippen LogP contribution in [0.5, 0.6) is 0 Å². The van der Waals surface area contributed by atoms with Crippen LogP contribution in [-0.4, -0.2) is 32.5 Å². The summed E-state index contributed by atoms with van der Waals surface area (Å²) in [4.78, 5) is 0. The van der Waals surface area contributed by atoms with Crippen LogP contribution < -0.4 is 5.32 Å². The van der Waals surface area contributed by atoms with Crippen molar-refractivity contribution in [2.75, 3.05) is 12.8 Å². The Labute approximate surface area is 122 Å². The van der Waals surface area contributed by atoms with Crippen LogP contribution in [0, 0.1) is 5.82 Å². The van der Waals surface area contributed by atoms with E-state index in [1.807, 2.05) is 6.92 Å². The minimum atomic E-state index is -3.12. The predicted octanol–water partition coefficient (Wildman–Crippen LogP) is 2.54. The second-order valence-electron chi connectivity index (χ2n) is 4.64. The number of benzene rings is 1. The molecule has 2 atom stereocenters. The summed E-state index contributed by atoms with van der Waals surface area (Å²) in [5, 5.41) is 2.69. The lowest BCUT2D eigenvalue weighted by atomic mass is 10.0. The summed E-state index contributed by atoms with van der Waals surface area (Å²) >= 11 is 3.31. The second kappa shape index (κ2) is 6.81. The molecule has 0 amide bonds. The highest BCUT2D eigenvalue weighted by Gasteiger charge is 2.25. The molecule has 0 aromatic heterocycles. The van der Waals surface area contributed by atoms with Gasteiger partial charge in [-0.1, -0.05) is 28.9 Å². The van der Waals surface area contributed by atoms with E-state index in [0.29, 0.717) is 17.4 Å². The summed E-state index contributed by atoms with van der Waals surface area (Å²) in [6.07, 6.45) is 1.77. The van der Waals surface area contributed by atoms with E-state index < -0.39 is 15.1 Å². The maximum atomic E-state index is 13.0. The molecular formula is C13H19BrFNO2S. The van der Waals surface area contributed by atoms with Crippen molar-refractivity contribution in [2.24, 2.45) is 0 Å². The highest BCUT2D eigenvalue weighted by molar-refractivity contribution is 9.10. The van der Waals surface area contributed by atoms with E-state index in [0.717, 1.165) is 5.56 Å². The van der Waals surface area contributed by atoms with Gasteiger partial charge in [0.15, 0.2) is 9.84 Å². The van der Waals surface area contributed by atoms with Gasteiger partial charge < -0.3 is 5.32 Å². The molecule has 0 heterocycles. The van der Waals surface area contributed by atoms with Crippen LogP contribution in [0.2, 0.25) is 0 Å². The first-order valence-corrected chi connectivity index (χ1v) is 8.86. The van der Waals surface area contributed by atoms with Crippen molar-refractivity contribution in [1.29, 1.82) is 0 Å². The average Bonchev–Trinajstić information content (AvgIpc) is 2.29. The van der Waals surface area contributed by atoms with E-state index in [4.69, 9.17) is 0 Å². The van der Waals surface area contributed by atoms with Gasteiger partial charge in [0, 0.05) is 16.8 Å². The lowest BCUT2D eigenvalue weighted by molar-refractivity contribution is 0.493. The molecule has 0 aliphatic heterocycles. The fourth-order valence-electron chi connectivity index (χ4n) is 1.89. The molecule has 19 heavy (non-hydrogen) atoms. The van der Waals surface area contributed by atoms with Crippen molar-refractivity contribution >= 4 is 25.8 Å². The van der Waals surface area contributed by atoms with Crippen LogP contribution in [0.15, 0.2) is 22.7 Å². The van der Waals surface area contributed by atoms with Crippen molar-refractivity contribution in [3.8, 4) is 0 Å². The summed E-state index contributed by atoms with van der Waals surface area (Å²) in [6.45, 7) is 4.31. The van der Waals surface area contributed by atoms with Gasteiger partial charge in [-0.25, -0.2) is 12.8 Å². The van der Waals surface area contributed by atoms with Crippen LogP contribution >= 0.6 is 15.9 Å².